The van der Waals surface area contributed by atoms with Gasteiger partial charge in [0.05, 0.1) is 18.1 Å². The first-order chi connectivity index (χ1) is 12.1. The average Bonchev–Trinajstić information content (AvgIpc) is 2.60. The Hall–Kier alpha value is -3.09. The van der Waals surface area contributed by atoms with Crippen molar-refractivity contribution < 1.29 is 19.2 Å². The second-order valence-corrected chi connectivity index (χ2v) is 5.21. The molecule has 0 spiro atoms. The van der Waals surface area contributed by atoms with E-state index in [0.29, 0.717) is 31.1 Å². The smallest absolute Gasteiger partial charge is 0.271 e. The van der Waals surface area contributed by atoms with Gasteiger partial charge in [0.25, 0.3) is 5.69 Å². The molecule has 1 amide bonds. The summed E-state index contributed by atoms with van der Waals surface area (Å²) < 4.78 is 10.9. The Balaban J connectivity index is 1.71. The minimum atomic E-state index is -0.500. The summed E-state index contributed by atoms with van der Waals surface area (Å²) in [5.41, 5.74) is 0.350. The maximum atomic E-state index is 11.9. The van der Waals surface area contributed by atoms with Gasteiger partial charge in [-0.3, -0.25) is 14.9 Å². The molecule has 0 aliphatic heterocycles. The number of hydrogen-bond acceptors (Lipinski definition) is 5. The van der Waals surface area contributed by atoms with E-state index in [1.807, 2.05) is 31.2 Å². The number of carbonyl (C=O) groups excluding carboxylic acids is 1. The number of nitro groups is 1. The van der Waals surface area contributed by atoms with Crippen molar-refractivity contribution in [1.29, 1.82) is 0 Å². The molecule has 0 atom stereocenters. The summed E-state index contributed by atoms with van der Waals surface area (Å²) in [6, 6.07) is 13.1. The van der Waals surface area contributed by atoms with Crippen LogP contribution in [0.15, 0.2) is 48.5 Å². The highest BCUT2D eigenvalue weighted by molar-refractivity contribution is 5.90. The molecule has 0 heterocycles. The van der Waals surface area contributed by atoms with Crippen LogP contribution in [0.2, 0.25) is 0 Å². The van der Waals surface area contributed by atoms with E-state index in [-0.39, 0.29) is 18.0 Å². The molecule has 0 unspecified atom stereocenters. The number of carbonyl (C=O) groups is 1. The molecule has 132 valence electrons. The second kappa shape index (κ2) is 9.27. The molecule has 7 nitrogen and oxygen atoms in total. The van der Waals surface area contributed by atoms with Gasteiger partial charge >= 0.3 is 0 Å². The van der Waals surface area contributed by atoms with Gasteiger partial charge in [0.1, 0.15) is 11.5 Å². The Bertz CT molecular complexity index is 716. The second-order valence-electron chi connectivity index (χ2n) is 5.21. The molecular formula is C18H20N2O5. The summed E-state index contributed by atoms with van der Waals surface area (Å²) in [5, 5.41) is 13.4. The van der Waals surface area contributed by atoms with Crippen LogP contribution in [0.3, 0.4) is 0 Å². The topological polar surface area (TPSA) is 90.7 Å². The molecular weight excluding hydrogens is 324 g/mol. The van der Waals surface area contributed by atoms with E-state index in [9.17, 15) is 14.9 Å². The number of ether oxygens (including phenoxy) is 2. The standard InChI is InChI=1S/C18H20N2O5/c1-2-24-16-8-10-17(11-9-16)25-12-4-7-18(21)19-14-5-3-6-15(13-14)20(22)23/h3,5-6,8-11,13H,2,4,7,12H2,1H3,(H,19,21). The van der Waals surface area contributed by atoms with E-state index in [4.69, 9.17) is 9.47 Å². The van der Waals surface area contributed by atoms with Crippen molar-refractivity contribution in [2.24, 2.45) is 0 Å². The molecule has 0 aliphatic rings. The summed E-state index contributed by atoms with van der Waals surface area (Å²) in [4.78, 5) is 22.1. The lowest BCUT2D eigenvalue weighted by atomic mass is 10.2. The van der Waals surface area contributed by atoms with Crippen LogP contribution < -0.4 is 14.8 Å². The van der Waals surface area contributed by atoms with Crippen LogP contribution >= 0.6 is 0 Å². The van der Waals surface area contributed by atoms with E-state index in [1.165, 1.54) is 18.2 Å². The van der Waals surface area contributed by atoms with E-state index in [1.54, 1.807) is 6.07 Å². The quantitative estimate of drug-likeness (QED) is 0.424. The molecule has 7 heteroatoms. The lowest BCUT2D eigenvalue weighted by Crippen LogP contribution is -2.12. The van der Waals surface area contributed by atoms with Crippen LogP contribution in [-0.2, 0) is 4.79 Å². The number of nitrogens with one attached hydrogen (secondary N) is 1. The van der Waals surface area contributed by atoms with Crippen LogP contribution in [0.1, 0.15) is 19.8 Å². The van der Waals surface area contributed by atoms with Crippen molar-refractivity contribution in [2.45, 2.75) is 19.8 Å². The summed E-state index contributed by atoms with van der Waals surface area (Å²) in [6.45, 7) is 2.93. The molecule has 2 rings (SSSR count). The van der Waals surface area contributed by atoms with Crippen LogP contribution in [0, 0.1) is 10.1 Å². The molecule has 0 bridgehead atoms. The molecule has 25 heavy (non-hydrogen) atoms. The fraction of sp³-hybridized carbons (Fsp3) is 0.278. The summed E-state index contributed by atoms with van der Waals surface area (Å²) in [7, 11) is 0. The Labute approximate surface area is 145 Å². The number of rotatable bonds is 9. The van der Waals surface area contributed by atoms with Gasteiger partial charge in [-0.15, -0.1) is 0 Å². The highest BCUT2D eigenvalue weighted by Crippen LogP contribution is 2.19. The molecule has 2 aromatic rings. The van der Waals surface area contributed by atoms with Gasteiger partial charge in [0, 0.05) is 24.2 Å². The van der Waals surface area contributed by atoms with Crippen LogP contribution in [0.25, 0.3) is 0 Å². The monoisotopic (exact) mass is 344 g/mol. The molecule has 0 saturated carbocycles. The zero-order chi connectivity index (χ0) is 18.1. The maximum absolute atomic E-state index is 11.9. The van der Waals surface area contributed by atoms with Gasteiger partial charge < -0.3 is 14.8 Å². The summed E-state index contributed by atoms with van der Waals surface area (Å²) in [5.74, 6) is 1.28. The largest absolute Gasteiger partial charge is 0.494 e. The van der Waals surface area contributed by atoms with Gasteiger partial charge in [0.15, 0.2) is 0 Å². The third-order valence-electron chi connectivity index (χ3n) is 3.29. The Kier molecular flexibility index (Phi) is 6.76. The average molecular weight is 344 g/mol. The number of amides is 1. The number of nitro benzene ring substituents is 1. The highest BCUT2D eigenvalue weighted by atomic mass is 16.6. The van der Waals surface area contributed by atoms with Crippen molar-refractivity contribution in [3.63, 3.8) is 0 Å². The van der Waals surface area contributed by atoms with Crippen LogP contribution in [0.4, 0.5) is 11.4 Å². The Morgan fingerprint density at radius 2 is 1.80 bits per heavy atom. The molecule has 0 saturated heterocycles. The van der Waals surface area contributed by atoms with Gasteiger partial charge in [-0.2, -0.15) is 0 Å². The first kappa shape index (κ1) is 18.3. The minimum absolute atomic E-state index is 0.0587. The predicted molar refractivity (Wildman–Crippen MR) is 94.1 cm³/mol. The lowest BCUT2D eigenvalue weighted by molar-refractivity contribution is -0.384. The summed E-state index contributed by atoms with van der Waals surface area (Å²) >= 11 is 0. The number of nitrogens with zero attached hydrogens (tertiary/aromatic N) is 1. The molecule has 0 aliphatic carbocycles. The number of hydrogen-bond donors (Lipinski definition) is 1. The van der Waals surface area contributed by atoms with Gasteiger partial charge in [-0.25, -0.2) is 0 Å². The zero-order valence-electron chi connectivity index (χ0n) is 13.9. The van der Waals surface area contributed by atoms with Crippen LogP contribution in [0.5, 0.6) is 11.5 Å². The summed E-state index contributed by atoms with van der Waals surface area (Å²) in [6.07, 6.45) is 0.799. The van der Waals surface area contributed by atoms with Gasteiger partial charge in [0.2, 0.25) is 5.91 Å². The molecule has 0 fully saturated rings. The first-order valence-corrected chi connectivity index (χ1v) is 7.98. The fourth-order valence-corrected chi connectivity index (χ4v) is 2.14. The van der Waals surface area contributed by atoms with Crippen molar-refractivity contribution in [2.75, 3.05) is 18.5 Å². The van der Waals surface area contributed by atoms with E-state index in [0.717, 1.165) is 5.75 Å². The SMILES string of the molecule is CCOc1ccc(OCCCC(=O)Nc2cccc([N+](=O)[O-])c2)cc1. The lowest BCUT2D eigenvalue weighted by Gasteiger charge is -2.08. The predicted octanol–water partition coefficient (Wildman–Crippen LogP) is 3.79. The van der Waals surface area contributed by atoms with Crippen molar-refractivity contribution >= 4 is 17.3 Å². The van der Waals surface area contributed by atoms with E-state index in [2.05, 4.69) is 5.32 Å². The first-order valence-electron chi connectivity index (χ1n) is 7.98. The van der Waals surface area contributed by atoms with Crippen molar-refractivity contribution in [3.05, 3.63) is 58.6 Å². The number of anilines is 1. The van der Waals surface area contributed by atoms with Crippen LogP contribution in [-0.4, -0.2) is 24.0 Å². The maximum Gasteiger partial charge on any atom is 0.271 e. The molecule has 0 aromatic heterocycles. The van der Waals surface area contributed by atoms with Crippen molar-refractivity contribution in [1.82, 2.24) is 0 Å². The third-order valence-corrected chi connectivity index (χ3v) is 3.29. The normalized spacial score (nSPS) is 10.1. The number of benzene rings is 2. The molecule has 0 radical (unpaired) electrons. The third kappa shape index (κ3) is 6.14. The van der Waals surface area contributed by atoms with Gasteiger partial charge in [-0.05, 0) is 43.7 Å². The van der Waals surface area contributed by atoms with E-state index < -0.39 is 4.92 Å². The van der Waals surface area contributed by atoms with E-state index >= 15 is 0 Å². The fourth-order valence-electron chi connectivity index (χ4n) is 2.14. The Morgan fingerprint density at radius 1 is 1.12 bits per heavy atom. The number of non-ortho nitro benzene ring substituents is 1. The highest BCUT2D eigenvalue weighted by Gasteiger charge is 2.08. The van der Waals surface area contributed by atoms with Gasteiger partial charge in [-0.1, -0.05) is 6.07 Å². The zero-order valence-corrected chi connectivity index (χ0v) is 13.9. The molecule has 2 aromatic carbocycles. The molecule has 1 N–H and O–H groups in total. The minimum Gasteiger partial charge on any atom is -0.494 e. The Morgan fingerprint density at radius 3 is 2.44 bits per heavy atom. The van der Waals surface area contributed by atoms with Crippen molar-refractivity contribution in [3.8, 4) is 11.5 Å².